The molecule has 0 saturated carbocycles. The maximum atomic E-state index is 11.4. The Labute approximate surface area is 149 Å². The Morgan fingerprint density at radius 1 is 1.27 bits per heavy atom. The highest BCUT2D eigenvalue weighted by molar-refractivity contribution is 7.88. The fourth-order valence-electron chi connectivity index (χ4n) is 3.34. The molecule has 0 unspecified atom stereocenters. The highest BCUT2D eigenvalue weighted by Crippen LogP contribution is 2.43. The Morgan fingerprint density at radius 2 is 2.00 bits per heavy atom. The van der Waals surface area contributed by atoms with E-state index in [4.69, 9.17) is 19.9 Å². The monoisotopic (exact) mass is 384 g/mol. The average Bonchev–Trinajstić information content (AvgIpc) is 3.16. The zero-order valence-electron chi connectivity index (χ0n) is 14.5. The summed E-state index contributed by atoms with van der Waals surface area (Å²) in [5.74, 6) is -0.548. The van der Waals surface area contributed by atoms with Gasteiger partial charge in [-0.15, -0.1) is 0 Å². The number of ether oxygens (including phenoxy) is 3. The lowest BCUT2D eigenvalue weighted by molar-refractivity contribution is -0.195. The van der Waals surface area contributed by atoms with E-state index >= 15 is 0 Å². The lowest BCUT2D eigenvalue weighted by Gasteiger charge is -2.24. The largest absolute Gasteiger partial charge is 0.382 e. The van der Waals surface area contributed by atoms with Gasteiger partial charge in [0.15, 0.2) is 23.5 Å². The molecule has 0 aliphatic carbocycles. The molecule has 3 N–H and O–H groups in total. The van der Waals surface area contributed by atoms with Gasteiger partial charge in [0, 0.05) is 6.54 Å². The van der Waals surface area contributed by atoms with Gasteiger partial charge in [-0.05, 0) is 13.8 Å². The smallest absolute Gasteiger partial charge is 0.208 e. The first-order chi connectivity index (χ1) is 12.1. The van der Waals surface area contributed by atoms with Gasteiger partial charge in [0.2, 0.25) is 10.0 Å². The molecule has 12 heteroatoms. The van der Waals surface area contributed by atoms with Gasteiger partial charge in [-0.2, -0.15) is 0 Å². The van der Waals surface area contributed by atoms with E-state index in [0.717, 1.165) is 6.26 Å². The third-order valence-electron chi connectivity index (χ3n) is 4.33. The summed E-state index contributed by atoms with van der Waals surface area (Å²) >= 11 is 0. The van der Waals surface area contributed by atoms with E-state index in [9.17, 15) is 8.42 Å². The van der Waals surface area contributed by atoms with Gasteiger partial charge in [-0.25, -0.2) is 28.1 Å². The molecule has 4 atom stereocenters. The van der Waals surface area contributed by atoms with Crippen LogP contribution < -0.4 is 10.5 Å². The molecular weight excluding hydrogens is 364 g/mol. The molecule has 0 bridgehead atoms. The number of nitrogens with two attached hydrogens (primary N) is 1. The second-order valence-corrected chi connectivity index (χ2v) is 8.67. The van der Waals surface area contributed by atoms with Crippen molar-refractivity contribution >= 4 is 27.0 Å². The van der Waals surface area contributed by atoms with Gasteiger partial charge in [0.1, 0.15) is 30.2 Å². The van der Waals surface area contributed by atoms with E-state index in [-0.39, 0.29) is 12.4 Å². The van der Waals surface area contributed by atoms with Crippen LogP contribution in [0.1, 0.15) is 20.1 Å². The fraction of sp³-hybridized carbons (Fsp3) is 0.643. The van der Waals surface area contributed by atoms with Crippen molar-refractivity contribution in [3.63, 3.8) is 0 Å². The number of imidazole rings is 1. The van der Waals surface area contributed by atoms with Gasteiger partial charge in [-0.3, -0.25) is 4.57 Å². The number of fused-ring (bicyclic) bond motifs is 2. The predicted octanol–water partition coefficient (Wildman–Crippen LogP) is -0.625. The number of sulfonamides is 1. The lowest BCUT2D eigenvalue weighted by Crippen LogP contribution is -2.39. The second-order valence-electron chi connectivity index (χ2n) is 6.83. The number of nitrogens with zero attached hydrogens (tertiary/aromatic N) is 4. The van der Waals surface area contributed by atoms with Crippen LogP contribution in [0.15, 0.2) is 12.7 Å². The molecule has 0 radical (unpaired) electrons. The van der Waals surface area contributed by atoms with Crippen LogP contribution in [0.4, 0.5) is 5.82 Å². The second kappa shape index (κ2) is 5.82. The van der Waals surface area contributed by atoms with Crippen molar-refractivity contribution in [1.82, 2.24) is 24.2 Å². The molecule has 26 heavy (non-hydrogen) atoms. The minimum absolute atomic E-state index is 0.0691. The van der Waals surface area contributed by atoms with E-state index in [0.29, 0.717) is 11.2 Å². The normalized spacial score (nSPS) is 30.7. The molecule has 2 aliphatic rings. The number of nitrogens with one attached hydrogen (secondary N) is 1. The maximum Gasteiger partial charge on any atom is 0.208 e. The van der Waals surface area contributed by atoms with Crippen molar-refractivity contribution in [3.8, 4) is 0 Å². The Balaban J connectivity index is 1.68. The molecule has 2 aromatic rings. The van der Waals surface area contributed by atoms with E-state index < -0.39 is 40.4 Å². The summed E-state index contributed by atoms with van der Waals surface area (Å²) in [6, 6.07) is 0. The van der Waals surface area contributed by atoms with E-state index in [1.54, 1.807) is 24.7 Å². The number of hydrogen-bond donors (Lipinski definition) is 2. The number of aromatic nitrogens is 4. The Bertz CT molecular complexity index is 944. The SMILES string of the molecule is CC1(C)O[C@@H]2[C@H](O1)[C@@H](CNS(C)(=O)=O)O[C@@H]2n1cnc2c(N)ncnc21. The van der Waals surface area contributed by atoms with E-state index in [1.165, 1.54) is 6.33 Å². The van der Waals surface area contributed by atoms with Crippen LogP contribution >= 0.6 is 0 Å². The van der Waals surface area contributed by atoms with Gasteiger partial charge < -0.3 is 19.9 Å². The standard InChI is InChI=1S/C14H20N6O5S/c1-14(2)24-9-7(4-19-26(3,21)22)23-13(10(9)25-14)20-6-18-8-11(15)16-5-17-12(8)20/h5-7,9-10,13,19H,4H2,1-3H3,(H2,15,16,17)/t7-,9-,10-,13+/m1/s1. The van der Waals surface area contributed by atoms with Crippen LogP contribution in [0.3, 0.4) is 0 Å². The average molecular weight is 384 g/mol. The van der Waals surface area contributed by atoms with E-state index in [1.807, 2.05) is 0 Å². The molecule has 2 fully saturated rings. The zero-order valence-corrected chi connectivity index (χ0v) is 15.3. The van der Waals surface area contributed by atoms with Crippen LogP contribution in [-0.2, 0) is 24.2 Å². The van der Waals surface area contributed by atoms with Crippen molar-refractivity contribution < 1.29 is 22.6 Å². The minimum Gasteiger partial charge on any atom is -0.382 e. The van der Waals surface area contributed by atoms with Crippen LogP contribution in [-0.4, -0.2) is 64.8 Å². The first-order valence-electron chi connectivity index (χ1n) is 8.03. The topological polar surface area (TPSA) is 143 Å². The molecule has 11 nitrogen and oxygen atoms in total. The van der Waals surface area contributed by atoms with Gasteiger partial charge in [0.25, 0.3) is 0 Å². The minimum atomic E-state index is -3.36. The van der Waals surface area contributed by atoms with Gasteiger partial charge in [-0.1, -0.05) is 0 Å². The number of anilines is 1. The lowest BCUT2D eigenvalue weighted by atomic mass is 10.1. The van der Waals surface area contributed by atoms with Gasteiger partial charge in [0.05, 0.1) is 12.6 Å². The summed E-state index contributed by atoms with van der Waals surface area (Å²) < 4.78 is 45.1. The van der Waals surface area contributed by atoms with Crippen LogP contribution in [0.5, 0.6) is 0 Å². The zero-order chi connectivity index (χ0) is 18.7. The van der Waals surface area contributed by atoms with E-state index in [2.05, 4.69) is 19.7 Å². The van der Waals surface area contributed by atoms with Crippen LogP contribution in [0.25, 0.3) is 11.2 Å². The van der Waals surface area contributed by atoms with Crippen molar-refractivity contribution in [2.24, 2.45) is 0 Å². The Morgan fingerprint density at radius 3 is 2.73 bits per heavy atom. The Kier molecular flexibility index (Phi) is 3.93. The molecule has 2 aromatic heterocycles. The molecule has 142 valence electrons. The number of hydrogen-bond acceptors (Lipinski definition) is 9. The molecular formula is C14H20N6O5S. The molecule has 0 aromatic carbocycles. The van der Waals surface area contributed by atoms with Crippen molar-refractivity contribution in [2.75, 3.05) is 18.5 Å². The number of rotatable bonds is 4. The summed E-state index contributed by atoms with van der Waals surface area (Å²) in [6.07, 6.45) is 1.98. The van der Waals surface area contributed by atoms with Crippen LogP contribution in [0, 0.1) is 0 Å². The predicted molar refractivity (Wildman–Crippen MR) is 90.3 cm³/mol. The first kappa shape index (κ1) is 17.5. The molecule has 0 amide bonds. The summed E-state index contributed by atoms with van der Waals surface area (Å²) in [5.41, 5.74) is 6.81. The molecule has 0 spiro atoms. The van der Waals surface area contributed by atoms with Crippen molar-refractivity contribution in [3.05, 3.63) is 12.7 Å². The Hall–Kier alpha value is -1.86. The van der Waals surface area contributed by atoms with Crippen molar-refractivity contribution in [1.29, 1.82) is 0 Å². The molecule has 2 saturated heterocycles. The molecule has 2 aliphatic heterocycles. The quantitative estimate of drug-likeness (QED) is 0.704. The van der Waals surface area contributed by atoms with Crippen molar-refractivity contribution in [2.45, 2.75) is 44.2 Å². The third kappa shape index (κ3) is 3.03. The number of nitrogen functional groups attached to an aromatic ring is 1. The highest BCUT2D eigenvalue weighted by Gasteiger charge is 2.56. The summed E-state index contributed by atoms with van der Waals surface area (Å²) in [7, 11) is -3.36. The summed E-state index contributed by atoms with van der Waals surface area (Å²) in [5, 5.41) is 0. The van der Waals surface area contributed by atoms with Gasteiger partial charge >= 0.3 is 0 Å². The maximum absolute atomic E-state index is 11.4. The first-order valence-corrected chi connectivity index (χ1v) is 9.92. The summed E-state index contributed by atoms with van der Waals surface area (Å²) in [6.45, 7) is 3.67. The van der Waals surface area contributed by atoms with Crippen LogP contribution in [0.2, 0.25) is 0 Å². The highest BCUT2D eigenvalue weighted by atomic mass is 32.2. The third-order valence-corrected chi connectivity index (χ3v) is 5.02. The molecule has 4 heterocycles. The summed E-state index contributed by atoms with van der Waals surface area (Å²) in [4.78, 5) is 12.4. The fourth-order valence-corrected chi connectivity index (χ4v) is 3.80. The molecule has 4 rings (SSSR count).